The lowest BCUT2D eigenvalue weighted by Gasteiger charge is -2.24. The summed E-state index contributed by atoms with van der Waals surface area (Å²) in [5.74, 6) is 0. The zero-order chi connectivity index (χ0) is 12.3. The molecular formula is C11H22N2O3. The molecule has 0 aromatic rings. The number of rotatable bonds is 2. The van der Waals surface area contributed by atoms with Crippen LogP contribution in [0.15, 0.2) is 0 Å². The van der Waals surface area contributed by atoms with Gasteiger partial charge in [0, 0.05) is 13.7 Å². The predicted molar refractivity (Wildman–Crippen MR) is 61.5 cm³/mol. The van der Waals surface area contributed by atoms with E-state index in [4.69, 9.17) is 9.47 Å². The second-order valence-electron chi connectivity index (χ2n) is 5.05. The first-order valence-corrected chi connectivity index (χ1v) is 5.55. The van der Waals surface area contributed by atoms with Crippen molar-refractivity contribution in [3.05, 3.63) is 0 Å². The molecule has 1 heterocycles. The van der Waals surface area contributed by atoms with E-state index in [1.54, 1.807) is 12.0 Å². The Labute approximate surface area is 97.1 Å². The molecule has 0 bridgehead atoms. The van der Waals surface area contributed by atoms with E-state index in [1.165, 1.54) is 0 Å². The third-order valence-corrected chi connectivity index (χ3v) is 2.59. The van der Waals surface area contributed by atoms with Crippen LogP contribution in [0.1, 0.15) is 20.8 Å². The Hall–Kier alpha value is -0.810. The molecule has 1 fully saturated rings. The Kier molecular flexibility index (Phi) is 4.15. The van der Waals surface area contributed by atoms with Gasteiger partial charge in [-0.2, -0.15) is 0 Å². The predicted octanol–water partition coefficient (Wildman–Crippen LogP) is 0.840. The van der Waals surface area contributed by atoms with Crippen LogP contribution in [-0.2, 0) is 9.47 Å². The van der Waals surface area contributed by atoms with Crippen LogP contribution < -0.4 is 5.32 Å². The number of nitrogens with one attached hydrogen (secondary N) is 1. The van der Waals surface area contributed by atoms with E-state index in [2.05, 4.69) is 5.32 Å². The van der Waals surface area contributed by atoms with Gasteiger partial charge in [-0.3, -0.25) is 0 Å². The van der Waals surface area contributed by atoms with Crippen LogP contribution in [0.2, 0.25) is 0 Å². The van der Waals surface area contributed by atoms with Gasteiger partial charge in [-0.05, 0) is 27.8 Å². The fraction of sp³-hybridized carbons (Fsp3) is 0.909. The van der Waals surface area contributed by atoms with Gasteiger partial charge in [-0.25, -0.2) is 4.79 Å². The molecule has 1 aliphatic heterocycles. The van der Waals surface area contributed by atoms with Crippen LogP contribution in [0, 0.1) is 0 Å². The molecule has 16 heavy (non-hydrogen) atoms. The van der Waals surface area contributed by atoms with E-state index in [1.807, 2.05) is 27.8 Å². The van der Waals surface area contributed by atoms with Gasteiger partial charge in [-0.15, -0.1) is 0 Å². The molecule has 0 aromatic heterocycles. The molecule has 0 radical (unpaired) electrons. The largest absolute Gasteiger partial charge is 0.444 e. The maximum atomic E-state index is 11.8. The number of likely N-dealkylation sites (N-methyl/N-ethyl adjacent to an activating group) is 1. The highest BCUT2D eigenvalue weighted by atomic mass is 16.6. The second-order valence-corrected chi connectivity index (χ2v) is 5.05. The fourth-order valence-electron chi connectivity index (χ4n) is 1.77. The van der Waals surface area contributed by atoms with Gasteiger partial charge in [0.05, 0.1) is 18.7 Å². The molecular weight excluding hydrogens is 208 g/mol. The standard InChI is InChI=1S/C11H22N2O3/c1-11(2,3)16-10(14)13-6-8(12-4)9(7-13)15-5/h8-9,12H,6-7H2,1-5H3/t8-,9-/m0/s1. The molecule has 1 rings (SSSR count). The monoisotopic (exact) mass is 230 g/mol. The number of methoxy groups -OCH3 is 1. The van der Waals surface area contributed by atoms with Crippen molar-refractivity contribution in [3.8, 4) is 0 Å². The normalized spacial score (nSPS) is 25.9. The maximum Gasteiger partial charge on any atom is 0.410 e. The highest BCUT2D eigenvalue weighted by Gasteiger charge is 2.36. The minimum absolute atomic E-state index is 0.0394. The summed E-state index contributed by atoms with van der Waals surface area (Å²) in [5, 5.41) is 3.14. The summed E-state index contributed by atoms with van der Waals surface area (Å²) >= 11 is 0. The zero-order valence-electron chi connectivity index (χ0n) is 10.7. The van der Waals surface area contributed by atoms with Crippen LogP contribution >= 0.6 is 0 Å². The lowest BCUT2D eigenvalue weighted by atomic mass is 10.2. The summed E-state index contributed by atoms with van der Waals surface area (Å²) in [6.07, 6.45) is -0.232. The zero-order valence-corrected chi connectivity index (χ0v) is 10.7. The molecule has 5 heteroatoms. The van der Waals surface area contributed by atoms with Crippen LogP contribution in [0.4, 0.5) is 4.79 Å². The number of hydrogen-bond donors (Lipinski definition) is 1. The molecule has 94 valence electrons. The van der Waals surface area contributed by atoms with Gasteiger partial charge in [0.25, 0.3) is 0 Å². The molecule has 2 atom stereocenters. The van der Waals surface area contributed by atoms with Crippen molar-refractivity contribution >= 4 is 6.09 Å². The average Bonchev–Trinajstić information content (AvgIpc) is 2.57. The molecule has 0 spiro atoms. The summed E-state index contributed by atoms with van der Waals surface area (Å²) < 4.78 is 10.6. The van der Waals surface area contributed by atoms with Crippen molar-refractivity contribution in [2.75, 3.05) is 27.2 Å². The van der Waals surface area contributed by atoms with Gasteiger partial charge in [-0.1, -0.05) is 0 Å². The first-order valence-electron chi connectivity index (χ1n) is 5.55. The maximum absolute atomic E-state index is 11.8. The quantitative estimate of drug-likeness (QED) is 0.763. The number of carbonyl (C=O) groups is 1. The van der Waals surface area contributed by atoms with Crippen LogP contribution in [0.3, 0.4) is 0 Å². The molecule has 1 amide bonds. The highest BCUT2D eigenvalue weighted by molar-refractivity contribution is 5.68. The van der Waals surface area contributed by atoms with E-state index in [0.717, 1.165) is 0 Å². The fourth-order valence-corrected chi connectivity index (χ4v) is 1.77. The number of ether oxygens (including phenoxy) is 2. The number of likely N-dealkylation sites (tertiary alicyclic amines) is 1. The Balaban J connectivity index is 2.54. The first-order chi connectivity index (χ1) is 7.37. The molecule has 1 N–H and O–H groups in total. The van der Waals surface area contributed by atoms with E-state index in [-0.39, 0.29) is 18.2 Å². The number of amides is 1. The Morgan fingerprint density at radius 2 is 2.00 bits per heavy atom. The van der Waals surface area contributed by atoms with Gasteiger partial charge in [0.1, 0.15) is 5.60 Å². The van der Waals surface area contributed by atoms with Crippen LogP contribution in [0.25, 0.3) is 0 Å². The van der Waals surface area contributed by atoms with Gasteiger partial charge >= 0.3 is 6.09 Å². The SMILES string of the molecule is CN[C@H]1CN(C(=O)OC(C)(C)C)C[C@@H]1OC. The molecule has 0 aliphatic carbocycles. The van der Waals surface area contributed by atoms with E-state index < -0.39 is 5.60 Å². The minimum atomic E-state index is -0.447. The number of carbonyl (C=O) groups excluding carboxylic acids is 1. The first kappa shape index (κ1) is 13.3. The summed E-state index contributed by atoms with van der Waals surface area (Å²) in [6, 6.07) is 0.178. The summed E-state index contributed by atoms with van der Waals surface area (Å²) in [7, 11) is 3.53. The Bertz CT molecular complexity index is 238. The molecule has 0 unspecified atom stereocenters. The van der Waals surface area contributed by atoms with Gasteiger partial charge in [0.15, 0.2) is 0 Å². The topological polar surface area (TPSA) is 50.8 Å². The summed E-state index contributed by atoms with van der Waals surface area (Å²) in [4.78, 5) is 13.5. The smallest absolute Gasteiger partial charge is 0.410 e. The molecule has 5 nitrogen and oxygen atoms in total. The van der Waals surface area contributed by atoms with Gasteiger partial charge in [0.2, 0.25) is 0 Å². The lowest BCUT2D eigenvalue weighted by molar-refractivity contribution is 0.0252. The van der Waals surface area contributed by atoms with Crippen molar-refractivity contribution in [3.63, 3.8) is 0 Å². The lowest BCUT2D eigenvalue weighted by Crippen LogP contribution is -2.38. The van der Waals surface area contributed by atoms with Crippen molar-refractivity contribution in [1.82, 2.24) is 10.2 Å². The Morgan fingerprint density at radius 1 is 1.38 bits per heavy atom. The summed E-state index contributed by atoms with van der Waals surface area (Å²) in [6.45, 7) is 6.81. The van der Waals surface area contributed by atoms with Crippen molar-refractivity contribution < 1.29 is 14.3 Å². The third kappa shape index (κ3) is 3.35. The Morgan fingerprint density at radius 3 is 2.38 bits per heavy atom. The summed E-state index contributed by atoms with van der Waals surface area (Å²) in [5.41, 5.74) is -0.447. The molecule has 1 aliphatic rings. The minimum Gasteiger partial charge on any atom is -0.444 e. The van der Waals surface area contributed by atoms with E-state index in [0.29, 0.717) is 13.1 Å². The average molecular weight is 230 g/mol. The second kappa shape index (κ2) is 5.01. The molecule has 0 aromatic carbocycles. The molecule has 0 saturated carbocycles. The van der Waals surface area contributed by atoms with Crippen LogP contribution in [-0.4, -0.2) is 56.0 Å². The van der Waals surface area contributed by atoms with Crippen molar-refractivity contribution in [2.24, 2.45) is 0 Å². The third-order valence-electron chi connectivity index (χ3n) is 2.59. The number of hydrogen-bond acceptors (Lipinski definition) is 4. The molecule has 1 saturated heterocycles. The van der Waals surface area contributed by atoms with Crippen molar-refractivity contribution in [1.29, 1.82) is 0 Å². The number of nitrogens with zero attached hydrogens (tertiary/aromatic N) is 1. The highest BCUT2D eigenvalue weighted by Crippen LogP contribution is 2.17. The van der Waals surface area contributed by atoms with E-state index in [9.17, 15) is 4.79 Å². The van der Waals surface area contributed by atoms with Crippen molar-refractivity contribution in [2.45, 2.75) is 38.5 Å². The van der Waals surface area contributed by atoms with E-state index >= 15 is 0 Å². The van der Waals surface area contributed by atoms with Gasteiger partial charge < -0.3 is 19.7 Å². The van der Waals surface area contributed by atoms with Crippen LogP contribution in [0.5, 0.6) is 0 Å².